The van der Waals surface area contributed by atoms with Crippen molar-refractivity contribution in [2.45, 2.75) is 315 Å². The first-order chi connectivity index (χ1) is 36.1. The van der Waals surface area contributed by atoms with E-state index in [-0.39, 0.29) is 38.6 Å². The van der Waals surface area contributed by atoms with Gasteiger partial charge in [-0.1, -0.05) is 262 Å². The lowest BCUT2D eigenvalue weighted by molar-refractivity contribution is -0.870. The van der Waals surface area contributed by atoms with E-state index in [1.807, 2.05) is 21.1 Å². The molecule has 0 bridgehead atoms. The van der Waals surface area contributed by atoms with E-state index in [1.165, 1.54) is 205 Å². The van der Waals surface area contributed by atoms with Crippen LogP contribution in [0.2, 0.25) is 0 Å². The van der Waals surface area contributed by atoms with E-state index in [4.69, 9.17) is 18.9 Å². The topological polar surface area (TPSA) is 111 Å². The summed E-state index contributed by atoms with van der Waals surface area (Å²) in [5.41, 5.74) is 0. The number of hydrogen-bond donors (Lipinski definition) is 0. The third-order valence-corrected chi connectivity index (χ3v) is 14.1. The van der Waals surface area contributed by atoms with E-state index < -0.39 is 24.3 Å². The van der Waals surface area contributed by atoms with Crippen LogP contribution in [0.1, 0.15) is 303 Å². The molecule has 74 heavy (non-hydrogen) atoms. The molecule has 9 nitrogen and oxygen atoms in total. The maximum Gasteiger partial charge on any atom is 0.306 e. The van der Waals surface area contributed by atoms with Gasteiger partial charge in [-0.25, -0.2) is 0 Å². The standard InChI is InChI=1S/C65H121NO8/c1-6-8-10-12-14-16-18-19-20-21-22-23-24-25-26-27-28-29-30-31-32-33-34-35-36-37-38-39-40-41-42-43-44-45-46-48-50-52-54-56-63(68)74-61(60-73-65(64(69)70)71-58-57-66(3,4)5)59-72-62(67)55-53-51-49-47-17-15-13-11-9-7-2/h11,13,18-19,21-22,61,65H,6-10,12,14-17,20,23-60H2,1-5H3/b13-11-,19-18-,22-21-. The monoisotopic (exact) mass is 1040 g/mol. The Morgan fingerprint density at radius 3 is 1.14 bits per heavy atom. The predicted octanol–water partition coefficient (Wildman–Crippen LogP) is 17.5. The molecule has 0 amide bonds. The normalized spacial score (nSPS) is 12.9. The van der Waals surface area contributed by atoms with Gasteiger partial charge in [0.1, 0.15) is 13.2 Å². The van der Waals surface area contributed by atoms with Crippen molar-refractivity contribution in [3.63, 3.8) is 0 Å². The van der Waals surface area contributed by atoms with Gasteiger partial charge in [0.15, 0.2) is 12.4 Å². The number of rotatable bonds is 59. The Morgan fingerprint density at radius 1 is 0.405 bits per heavy atom. The zero-order valence-electron chi connectivity index (χ0n) is 49.5. The minimum Gasteiger partial charge on any atom is -0.545 e. The second-order valence-corrected chi connectivity index (χ2v) is 22.7. The van der Waals surface area contributed by atoms with Crippen LogP contribution in [0.25, 0.3) is 0 Å². The Bertz CT molecular complexity index is 1310. The fourth-order valence-corrected chi connectivity index (χ4v) is 9.22. The molecule has 0 aromatic rings. The molecule has 2 unspecified atom stereocenters. The smallest absolute Gasteiger partial charge is 0.306 e. The number of likely N-dealkylation sites (N-methyl/N-ethyl adjacent to an activating group) is 1. The number of ether oxygens (including phenoxy) is 4. The van der Waals surface area contributed by atoms with Crippen molar-refractivity contribution in [3.8, 4) is 0 Å². The molecule has 0 aromatic heterocycles. The Labute approximate surface area is 458 Å². The van der Waals surface area contributed by atoms with E-state index in [9.17, 15) is 19.5 Å². The largest absolute Gasteiger partial charge is 0.545 e. The molecule has 0 N–H and O–H groups in total. The Morgan fingerprint density at radius 2 is 0.757 bits per heavy atom. The van der Waals surface area contributed by atoms with Crippen LogP contribution in [0.5, 0.6) is 0 Å². The summed E-state index contributed by atoms with van der Waals surface area (Å²) in [6.45, 7) is 4.69. The summed E-state index contributed by atoms with van der Waals surface area (Å²) in [4.78, 5) is 37.1. The number of carbonyl (C=O) groups is 3. The second kappa shape index (κ2) is 56.7. The summed E-state index contributed by atoms with van der Waals surface area (Å²) in [6.07, 6.45) is 66.9. The van der Waals surface area contributed by atoms with Crippen molar-refractivity contribution < 1.29 is 42.9 Å². The van der Waals surface area contributed by atoms with E-state index in [0.717, 1.165) is 64.2 Å². The molecule has 0 aliphatic carbocycles. The van der Waals surface area contributed by atoms with Crippen LogP contribution < -0.4 is 5.11 Å². The number of quaternary nitrogens is 1. The van der Waals surface area contributed by atoms with Gasteiger partial charge in [0.05, 0.1) is 40.3 Å². The first-order valence-corrected chi connectivity index (χ1v) is 31.6. The van der Waals surface area contributed by atoms with Crippen LogP contribution in [-0.2, 0) is 33.3 Å². The van der Waals surface area contributed by atoms with Gasteiger partial charge in [-0.2, -0.15) is 0 Å². The first-order valence-electron chi connectivity index (χ1n) is 31.6. The van der Waals surface area contributed by atoms with Gasteiger partial charge in [0, 0.05) is 12.8 Å². The van der Waals surface area contributed by atoms with Gasteiger partial charge in [-0.15, -0.1) is 0 Å². The average molecular weight is 1040 g/mol. The minimum atomic E-state index is -1.62. The molecule has 0 radical (unpaired) electrons. The second-order valence-electron chi connectivity index (χ2n) is 22.7. The minimum absolute atomic E-state index is 0.148. The van der Waals surface area contributed by atoms with Crippen molar-refractivity contribution >= 4 is 17.9 Å². The molecule has 0 rings (SSSR count). The molecule has 2 atom stereocenters. The first kappa shape index (κ1) is 71.5. The van der Waals surface area contributed by atoms with Gasteiger partial charge in [-0.3, -0.25) is 9.59 Å². The molecule has 0 fully saturated rings. The van der Waals surface area contributed by atoms with E-state index in [2.05, 4.69) is 50.3 Å². The Balaban J connectivity index is 3.86. The summed E-state index contributed by atoms with van der Waals surface area (Å²) < 4.78 is 22.6. The van der Waals surface area contributed by atoms with Crippen molar-refractivity contribution in [2.75, 3.05) is 47.5 Å². The van der Waals surface area contributed by atoms with Gasteiger partial charge in [0.25, 0.3) is 0 Å². The summed E-state index contributed by atoms with van der Waals surface area (Å²) in [7, 11) is 5.92. The number of hydrogen-bond acceptors (Lipinski definition) is 8. The van der Waals surface area contributed by atoms with Crippen LogP contribution in [0, 0.1) is 0 Å². The molecular formula is C65H121NO8. The number of carboxylic acid groups (broad SMARTS) is 1. The third kappa shape index (κ3) is 57.2. The Kier molecular flexibility index (Phi) is 54.8. The van der Waals surface area contributed by atoms with Gasteiger partial charge >= 0.3 is 11.9 Å². The molecule has 0 saturated carbocycles. The van der Waals surface area contributed by atoms with Crippen LogP contribution >= 0.6 is 0 Å². The van der Waals surface area contributed by atoms with Crippen molar-refractivity contribution in [1.82, 2.24) is 0 Å². The zero-order valence-corrected chi connectivity index (χ0v) is 49.5. The highest BCUT2D eigenvalue weighted by molar-refractivity contribution is 5.70. The number of nitrogens with zero attached hydrogens (tertiary/aromatic N) is 1. The molecule has 0 saturated heterocycles. The number of esters is 2. The van der Waals surface area contributed by atoms with Crippen LogP contribution in [0.4, 0.5) is 0 Å². The molecule has 0 aliphatic heterocycles. The highest BCUT2D eigenvalue weighted by Gasteiger charge is 2.22. The highest BCUT2D eigenvalue weighted by atomic mass is 16.7. The number of allylic oxidation sites excluding steroid dienone is 6. The number of carbonyl (C=O) groups excluding carboxylic acids is 3. The van der Waals surface area contributed by atoms with Crippen LogP contribution in [-0.4, -0.2) is 82.3 Å². The van der Waals surface area contributed by atoms with E-state index in [1.54, 1.807) is 0 Å². The fraction of sp³-hybridized carbons (Fsp3) is 0.862. The SMILES string of the molecule is CCC/C=C\CCCCCCCC(=O)OCC(COC(OCC[N+](C)(C)C)C(=O)[O-])OC(=O)CCCCCCCCCCCCCCCCCCCCCCCCCCCCC/C=C\C/C=C\CCCCCCC. The summed E-state index contributed by atoms with van der Waals surface area (Å²) >= 11 is 0. The molecule has 0 aliphatic rings. The molecular weight excluding hydrogens is 923 g/mol. The lowest BCUT2D eigenvalue weighted by atomic mass is 10.0. The van der Waals surface area contributed by atoms with E-state index in [0.29, 0.717) is 17.4 Å². The maximum atomic E-state index is 12.8. The van der Waals surface area contributed by atoms with Crippen LogP contribution in [0.15, 0.2) is 36.5 Å². The molecule has 0 spiro atoms. The van der Waals surface area contributed by atoms with Crippen molar-refractivity contribution in [2.24, 2.45) is 0 Å². The summed E-state index contributed by atoms with van der Waals surface area (Å²) in [5.74, 6) is -2.28. The molecule has 0 heterocycles. The summed E-state index contributed by atoms with van der Waals surface area (Å²) in [6, 6.07) is 0. The molecule has 0 aromatic carbocycles. The highest BCUT2D eigenvalue weighted by Crippen LogP contribution is 2.18. The lowest BCUT2D eigenvalue weighted by Crippen LogP contribution is -2.44. The van der Waals surface area contributed by atoms with Gasteiger partial charge in [-0.05, 0) is 64.2 Å². The van der Waals surface area contributed by atoms with Crippen molar-refractivity contribution in [1.29, 1.82) is 0 Å². The number of aliphatic carboxylic acids is 1. The van der Waals surface area contributed by atoms with E-state index >= 15 is 0 Å². The molecule has 434 valence electrons. The quantitative estimate of drug-likeness (QED) is 0.0195. The van der Waals surface area contributed by atoms with Crippen molar-refractivity contribution in [3.05, 3.63) is 36.5 Å². The van der Waals surface area contributed by atoms with Gasteiger partial charge < -0.3 is 33.3 Å². The van der Waals surface area contributed by atoms with Crippen LogP contribution in [0.3, 0.4) is 0 Å². The lowest BCUT2D eigenvalue weighted by Gasteiger charge is -2.26. The number of unbranched alkanes of at least 4 members (excludes halogenated alkanes) is 38. The third-order valence-electron chi connectivity index (χ3n) is 14.1. The zero-order chi connectivity index (χ0) is 54.1. The predicted molar refractivity (Wildman–Crippen MR) is 311 cm³/mol. The molecule has 9 heteroatoms. The van der Waals surface area contributed by atoms with Gasteiger partial charge in [0.2, 0.25) is 0 Å². The Hall–Kier alpha value is -2.49. The summed E-state index contributed by atoms with van der Waals surface area (Å²) in [5, 5.41) is 11.7. The fourth-order valence-electron chi connectivity index (χ4n) is 9.22. The number of carboxylic acids is 1. The maximum absolute atomic E-state index is 12.8. The average Bonchev–Trinajstić information content (AvgIpc) is 3.37.